The minimum absolute atomic E-state index is 0.260. The summed E-state index contributed by atoms with van der Waals surface area (Å²) in [5.74, 6) is -0.601. The molecular formula is C17H15Cl2N3O3S. The summed E-state index contributed by atoms with van der Waals surface area (Å²) >= 11 is 13.9. The number of nitrogens with zero attached hydrogens (tertiary/aromatic N) is 3. The van der Waals surface area contributed by atoms with Crippen molar-refractivity contribution < 1.29 is 9.90 Å². The van der Waals surface area contributed by atoms with E-state index < -0.39 is 5.97 Å². The average molecular weight is 412 g/mol. The van der Waals surface area contributed by atoms with Crippen molar-refractivity contribution in [3.05, 3.63) is 38.5 Å². The van der Waals surface area contributed by atoms with Crippen LogP contribution < -0.4 is 10.3 Å². The molecule has 0 atom stereocenters. The van der Waals surface area contributed by atoms with Gasteiger partial charge in [0.05, 0.1) is 25.8 Å². The minimum Gasteiger partial charge on any atom is -0.480 e. The Labute approximate surface area is 163 Å². The fourth-order valence-corrected chi connectivity index (χ4v) is 4.27. The van der Waals surface area contributed by atoms with E-state index in [1.165, 1.54) is 22.4 Å². The molecule has 3 aromatic rings. The number of halogens is 2. The van der Waals surface area contributed by atoms with Gasteiger partial charge in [-0.3, -0.25) is 9.59 Å². The Morgan fingerprint density at radius 2 is 1.96 bits per heavy atom. The zero-order valence-corrected chi connectivity index (χ0v) is 16.5. The van der Waals surface area contributed by atoms with Crippen LogP contribution in [0.1, 0.15) is 0 Å². The lowest BCUT2D eigenvalue weighted by Crippen LogP contribution is -2.19. The Balaban J connectivity index is 2.63. The van der Waals surface area contributed by atoms with Gasteiger partial charge in [0.25, 0.3) is 0 Å². The fourth-order valence-electron chi connectivity index (χ4n) is 2.89. The zero-order valence-electron chi connectivity index (χ0n) is 14.2. The molecule has 0 saturated heterocycles. The Bertz CT molecular complexity index is 1110. The Morgan fingerprint density at radius 1 is 1.27 bits per heavy atom. The highest BCUT2D eigenvalue weighted by Gasteiger charge is 2.20. The van der Waals surface area contributed by atoms with Crippen LogP contribution in [0.3, 0.4) is 0 Å². The number of fused-ring (bicyclic) bond motifs is 2. The number of rotatable bonds is 4. The topological polar surface area (TPSA) is 75.4 Å². The lowest BCUT2D eigenvalue weighted by molar-refractivity contribution is -0.137. The highest BCUT2D eigenvalue weighted by atomic mass is 35.5. The SMILES string of the molecule is CSc1c(Cl)ccc2c(=O)c3cc(Cl)c(N(C)C)nc3n(CC(=O)O)c12. The third-order valence-electron chi connectivity index (χ3n) is 3.96. The van der Waals surface area contributed by atoms with Crippen LogP contribution in [-0.4, -0.2) is 41.0 Å². The molecule has 6 nitrogen and oxygen atoms in total. The molecule has 2 aromatic heterocycles. The fraction of sp³-hybridized carbons (Fsp3) is 0.235. The molecule has 0 amide bonds. The molecule has 26 heavy (non-hydrogen) atoms. The Kier molecular flexibility index (Phi) is 5.05. The molecule has 0 bridgehead atoms. The molecule has 1 aromatic carbocycles. The number of aromatic nitrogens is 2. The van der Waals surface area contributed by atoms with Gasteiger partial charge in [-0.1, -0.05) is 23.2 Å². The number of carboxylic acids is 1. The molecule has 0 saturated carbocycles. The van der Waals surface area contributed by atoms with Crippen molar-refractivity contribution in [2.45, 2.75) is 11.4 Å². The van der Waals surface area contributed by atoms with Gasteiger partial charge in [0, 0.05) is 19.5 Å². The largest absolute Gasteiger partial charge is 0.480 e. The highest BCUT2D eigenvalue weighted by Crippen LogP contribution is 2.35. The summed E-state index contributed by atoms with van der Waals surface area (Å²) < 4.78 is 1.51. The average Bonchev–Trinajstić information content (AvgIpc) is 2.57. The Morgan fingerprint density at radius 3 is 2.54 bits per heavy atom. The van der Waals surface area contributed by atoms with Gasteiger partial charge in [0.1, 0.15) is 18.0 Å². The van der Waals surface area contributed by atoms with E-state index in [1.54, 1.807) is 31.1 Å². The second-order valence-electron chi connectivity index (χ2n) is 5.85. The van der Waals surface area contributed by atoms with Gasteiger partial charge >= 0.3 is 5.97 Å². The molecule has 0 fully saturated rings. The number of anilines is 1. The molecule has 0 aliphatic heterocycles. The highest BCUT2D eigenvalue weighted by molar-refractivity contribution is 7.99. The first kappa shape index (κ1) is 18.8. The van der Waals surface area contributed by atoms with E-state index in [1.807, 2.05) is 6.26 Å². The van der Waals surface area contributed by atoms with Crippen molar-refractivity contribution in [3.8, 4) is 0 Å². The van der Waals surface area contributed by atoms with Crippen LogP contribution in [0.2, 0.25) is 10.0 Å². The van der Waals surface area contributed by atoms with E-state index in [2.05, 4.69) is 4.98 Å². The molecule has 0 aliphatic rings. The quantitative estimate of drug-likeness (QED) is 0.520. The van der Waals surface area contributed by atoms with E-state index in [4.69, 9.17) is 23.2 Å². The molecular weight excluding hydrogens is 397 g/mol. The van der Waals surface area contributed by atoms with Gasteiger partial charge in [0.15, 0.2) is 5.43 Å². The number of hydrogen-bond donors (Lipinski definition) is 1. The van der Waals surface area contributed by atoms with Crippen molar-refractivity contribution in [2.24, 2.45) is 0 Å². The first-order chi connectivity index (χ1) is 12.3. The van der Waals surface area contributed by atoms with Gasteiger partial charge in [-0.05, 0) is 24.5 Å². The van der Waals surface area contributed by atoms with E-state index >= 15 is 0 Å². The normalized spacial score (nSPS) is 11.3. The molecule has 1 N–H and O–H groups in total. The lowest BCUT2D eigenvalue weighted by Gasteiger charge is -2.19. The third-order valence-corrected chi connectivity index (χ3v) is 5.48. The first-order valence-corrected chi connectivity index (χ1v) is 9.52. The molecule has 9 heteroatoms. The van der Waals surface area contributed by atoms with Crippen molar-refractivity contribution in [1.29, 1.82) is 0 Å². The number of carbonyl (C=O) groups is 1. The summed E-state index contributed by atoms with van der Waals surface area (Å²) in [5.41, 5.74) is 0.461. The number of thioether (sulfide) groups is 1. The van der Waals surface area contributed by atoms with Crippen molar-refractivity contribution in [1.82, 2.24) is 9.55 Å². The minimum atomic E-state index is -1.05. The van der Waals surface area contributed by atoms with Crippen LogP contribution in [-0.2, 0) is 11.3 Å². The maximum atomic E-state index is 13.0. The number of carboxylic acid groups (broad SMARTS) is 1. The number of benzene rings is 1. The molecule has 0 radical (unpaired) electrons. The first-order valence-electron chi connectivity index (χ1n) is 7.54. The number of aliphatic carboxylic acids is 1. The van der Waals surface area contributed by atoms with E-state index in [-0.39, 0.29) is 23.0 Å². The smallest absolute Gasteiger partial charge is 0.323 e. The number of pyridine rings is 2. The predicted molar refractivity (Wildman–Crippen MR) is 107 cm³/mol. The van der Waals surface area contributed by atoms with Crippen molar-refractivity contribution in [3.63, 3.8) is 0 Å². The standard InChI is InChI=1S/C17H15Cl2N3O3S/c1-21(2)17-11(19)6-9-14(25)8-4-5-10(18)15(26-3)13(8)22(7-12(23)24)16(9)20-17/h4-6H,7H2,1-3H3,(H,23,24). The molecule has 136 valence electrons. The number of hydrogen-bond acceptors (Lipinski definition) is 5. The molecule has 0 unspecified atom stereocenters. The van der Waals surface area contributed by atoms with Gasteiger partial charge in [0.2, 0.25) is 0 Å². The summed E-state index contributed by atoms with van der Waals surface area (Å²) in [7, 11) is 3.54. The monoisotopic (exact) mass is 411 g/mol. The second kappa shape index (κ2) is 6.98. The third kappa shape index (κ3) is 3.00. The van der Waals surface area contributed by atoms with Crippen LogP contribution in [0.25, 0.3) is 21.9 Å². The van der Waals surface area contributed by atoms with Crippen molar-refractivity contribution in [2.75, 3.05) is 25.3 Å². The van der Waals surface area contributed by atoms with Crippen LogP contribution in [0.4, 0.5) is 5.82 Å². The van der Waals surface area contributed by atoms with E-state index in [0.29, 0.717) is 31.7 Å². The van der Waals surface area contributed by atoms with E-state index in [9.17, 15) is 14.7 Å². The summed E-state index contributed by atoms with van der Waals surface area (Å²) in [5, 5.41) is 10.8. The Hall–Kier alpha value is -1.96. The summed E-state index contributed by atoms with van der Waals surface area (Å²) in [6, 6.07) is 4.77. The maximum Gasteiger partial charge on any atom is 0.323 e. The van der Waals surface area contributed by atoms with E-state index in [0.717, 1.165) is 0 Å². The van der Waals surface area contributed by atoms with Gasteiger partial charge in [-0.15, -0.1) is 11.8 Å². The van der Waals surface area contributed by atoms with Gasteiger partial charge < -0.3 is 14.6 Å². The molecule has 0 spiro atoms. The lowest BCUT2D eigenvalue weighted by atomic mass is 10.1. The molecule has 3 rings (SSSR count). The van der Waals surface area contributed by atoms with Gasteiger partial charge in [-0.25, -0.2) is 4.98 Å². The van der Waals surface area contributed by atoms with Crippen molar-refractivity contribution >= 4 is 68.7 Å². The van der Waals surface area contributed by atoms with Crippen LogP contribution in [0.15, 0.2) is 27.9 Å². The zero-order chi connectivity index (χ0) is 19.2. The summed E-state index contributed by atoms with van der Waals surface area (Å²) in [6.07, 6.45) is 1.82. The maximum absolute atomic E-state index is 13.0. The van der Waals surface area contributed by atoms with Gasteiger partial charge in [-0.2, -0.15) is 0 Å². The van der Waals surface area contributed by atoms with Crippen LogP contribution in [0, 0.1) is 0 Å². The van der Waals surface area contributed by atoms with Crippen LogP contribution in [0.5, 0.6) is 0 Å². The van der Waals surface area contributed by atoms with Crippen LogP contribution >= 0.6 is 35.0 Å². The summed E-state index contributed by atoms with van der Waals surface area (Å²) in [6.45, 7) is -0.358. The molecule has 0 aliphatic carbocycles. The predicted octanol–water partition coefficient (Wildman–Crippen LogP) is 3.73. The second-order valence-corrected chi connectivity index (χ2v) is 7.48. The summed E-state index contributed by atoms with van der Waals surface area (Å²) in [4.78, 5) is 31.3. The molecule has 2 heterocycles.